The quantitative estimate of drug-likeness (QED) is 0.640. The first-order chi connectivity index (χ1) is 8.90. The minimum Gasteiger partial charge on any atom is -0.383 e. The number of nitrogens with zero attached hydrogens (tertiary/aromatic N) is 1. The van der Waals surface area contributed by atoms with Gasteiger partial charge in [0.1, 0.15) is 0 Å². The van der Waals surface area contributed by atoms with Gasteiger partial charge in [0.05, 0.1) is 6.61 Å². The Labute approximate surface area is 112 Å². The Bertz CT molecular complexity index is 213. The van der Waals surface area contributed by atoms with E-state index in [2.05, 4.69) is 10.2 Å². The minimum absolute atomic E-state index is 0.812. The average molecular weight is 254 g/mol. The highest BCUT2D eigenvalue weighted by atomic mass is 16.5. The molecule has 0 saturated heterocycles. The Balaban J connectivity index is 1.52. The van der Waals surface area contributed by atoms with Crippen LogP contribution in [-0.4, -0.2) is 50.3 Å². The SMILES string of the molecule is COCCN(CCCNC1CCCCC1)C1CC1. The van der Waals surface area contributed by atoms with Crippen molar-refractivity contribution < 1.29 is 4.74 Å². The van der Waals surface area contributed by atoms with Crippen LogP contribution in [0.4, 0.5) is 0 Å². The van der Waals surface area contributed by atoms with E-state index in [-0.39, 0.29) is 0 Å². The number of ether oxygens (including phenoxy) is 1. The number of hydrogen-bond donors (Lipinski definition) is 1. The molecule has 18 heavy (non-hydrogen) atoms. The van der Waals surface area contributed by atoms with E-state index in [1.54, 1.807) is 7.11 Å². The molecule has 0 unspecified atom stereocenters. The molecule has 0 atom stereocenters. The van der Waals surface area contributed by atoms with Crippen LogP contribution < -0.4 is 5.32 Å². The molecule has 2 aliphatic carbocycles. The van der Waals surface area contributed by atoms with Gasteiger partial charge in [0.25, 0.3) is 0 Å². The van der Waals surface area contributed by atoms with Crippen molar-refractivity contribution in [3.05, 3.63) is 0 Å². The van der Waals surface area contributed by atoms with Crippen LogP contribution in [0.3, 0.4) is 0 Å². The average Bonchev–Trinajstić information content (AvgIpc) is 3.23. The summed E-state index contributed by atoms with van der Waals surface area (Å²) < 4.78 is 5.19. The molecule has 2 rings (SSSR count). The molecule has 3 nitrogen and oxygen atoms in total. The molecule has 0 aromatic heterocycles. The zero-order valence-electron chi connectivity index (χ0n) is 12.0. The molecule has 0 heterocycles. The van der Waals surface area contributed by atoms with E-state index < -0.39 is 0 Å². The molecule has 3 heteroatoms. The van der Waals surface area contributed by atoms with Gasteiger partial charge in [-0.05, 0) is 45.2 Å². The first-order valence-corrected chi connectivity index (χ1v) is 7.86. The lowest BCUT2D eigenvalue weighted by Gasteiger charge is -2.25. The summed E-state index contributed by atoms with van der Waals surface area (Å²) in [6.45, 7) is 4.44. The lowest BCUT2D eigenvalue weighted by molar-refractivity contribution is 0.142. The van der Waals surface area contributed by atoms with Crippen molar-refractivity contribution in [2.45, 2.75) is 63.5 Å². The maximum atomic E-state index is 5.19. The second kappa shape index (κ2) is 8.13. The van der Waals surface area contributed by atoms with Gasteiger partial charge in [0, 0.05) is 25.7 Å². The number of methoxy groups -OCH3 is 1. The molecule has 0 aliphatic heterocycles. The molecule has 2 saturated carbocycles. The Kier molecular flexibility index (Phi) is 6.46. The van der Waals surface area contributed by atoms with E-state index in [1.165, 1.54) is 64.5 Å². The number of hydrogen-bond acceptors (Lipinski definition) is 3. The van der Waals surface area contributed by atoms with Crippen molar-refractivity contribution >= 4 is 0 Å². The fourth-order valence-corrected chi connectivity index (χ4v) is 3.02. The standard InChI is InChI=1S/C15H30N2O/c1-18-13-12-17(15-8-9-15)11-5-10-16-14-6-3-2-4-7-14/h14-16H,2-13H2,1H3. The van der Waals surface area contributed by atoms with Crippen LogP contribution in [0.1, 0.15) is 51.4 Å². The van der Waals surface area contributed by atoms with Gasteiger partial charge in [0.15, 0.2) is 0 Å². The maximum Gasteiger partial charge on any atom is 0.0589 e. The fraction of sp³-hybridized carbons (Fsp3) is 1.00. The van der Waals surface area contributed by atoms with Crippen LogP contribution in [0.25, 0.3) is 0 Å². The van der Waals surface area contributed by atoms with E-state index in [9.17, 15) is 0 Å². The third-order valence-electron chi connectivity index (χ3n) is 4.31. The topological polar surface area (TPSA) is 24.5 Å². The monoisotopic (exact) mass is 254 g/mol. The van der Waals surface area contributed by atoms with Gasteiger partial charge in [-0.3, -0.25) is 4.90 Å². The highest BCUT2D eigenvalue weighted by Gasteiger charge is 2.27. The predicted octanol–water partition coefficient (Wildman–Crippen LogP) is 2.41. The van der Waals surface area contributed by atoms with Gasteiger partial charge in [-0.15, -0.1) is 0 Å². The Morgan fingerprint density at radius 3 is 2.50 bits per heavy atom. The van der Waals surface area contributed by atoms with Crippen molar-refractivity contribution in [3.63, 3.8) is 0 Å². The van der Waals surface area contributed by atoms with E-state index in [0.29, 0.717) is 0 Å². The highest BCUT2D eigenvalue weighted by Crippen LogP contribution is 2.26. The summed E-state index contributed by atoms with van der Waals surface area (Å²) in [5.74, 6) is 0. The smallest absolute Gasteiger partial charge is 0.0589 e. The second-order valence-electron chi connectivity index (χ2n) is 5.90. The normalized spacial score (nSPS) is 21.7. The highest BCUT2D eigenvalue weighted by molar-refractivity contribution is 4.84. The summed E-state index contributed by atoms with van der Waals surface area (Å²) in [4.78, 5) is 2.62. The predicted molar refractivity (Wildman–Crippen MR) is 76.0 cm³/mol. The molecule has 0 bridgehead atoms. The Morgan fingerprint density at radius 2 is 1.83 bits per heavy atom. The molecule has 2 aliphatic rings. The molecule has 1 N–H and O–H groups in total. The van der Waals surface area contributed by atoms with Gasteiger partial charge in [0.2, 0.25) is 0 Å². The zero-order chi connectivity index (χ0) is 12.6. The summed E-state index contributed by atoms with van der Waals surface area (Å²) in [7, 11) is 1.80. The number of rotatable bonds is 9. The fourth-order valence-electron chi connectivity index (χ4n) is 3.02. The largest absolute Gasteiger partial charge is 0.383 e. The molecule has 2 fully saturated rings. The summed E-state index contributed by atoms with van der Waals surface area (Å²) in [5, 5.41) is 3.73. The van der Waals surface area contributed by atoms with Gasteiger partial charge in [-0.2, -0.15) is 0 Å². The summed E-state index contributed by atoms with van der Waals surface area (Å²) in [5.41, 5.74) is 0. The summed E-state index contributed by atoms with van der Waals surface area (Å²) in [6.07, 6.45) is 11.2. The molecule has 0 aromatic rings. The van der Waals surface area contributed by atoms with Crippen LogP contribution >= 0.6 is 0 Å². The summed E-state index contributed by atoms with van der Waals surface area (Å²) in [6, 6.07) is 1.68. The van der Waals surface area contributed by atoms with Crippen molar-refractivity contribution in [1.82, 2.24) is 10.2 Å². The van der Waals surface area contributed by atoms with Crippen LogP contribution in [0.5, 0.6) is 0 Å². The second-order valence-corrected chi connectivity index (χ2v) is 5.90. The van der Waals surface area contributed by atoms with Crippen molar-refractivity contribution in [1.29, 1.82) is 0 Å². The van der Waals surface area contributed by atoms with E-state index in [0.717, 1.165) is 25.2 Å². The van der Waals surface area contributed by atoms with Crippen molar-refractivity contribution in [3.8, 4) is 0 Å². The van der Waals surface area contributed by atoms with E-state index in [1.807, 2.05) is 0 Å². The maximum absolute atomic E-state index is 5.19. The molecule has 0 radical (unpaired) electrons. The van der Waals surface area contributed by atoms with Gasteiger partial charge >= 0.3 is 0 Å². The van der Waals surface area contributed by atoms with Crippen LogP contribution in [0.2, 0.25) is 0 Å². The molecular formula is C15H30N2O. The van der Waals surface area contributed by atoms with Crippen molar-refractivity contribution in [2.75, 3.05) is 33.4 Å². The van der Waals surface area contributed by atoms with E-state index >= 15 is 0 Å². The molecule has 106 valence electrons. The first kappa shape index (κ1) is 14.3. The Morgan fingerprint density at radius 1 is 1.06 bits per heavy atom. The third-order valence-corrected chi connectivity index (χ3v) is 4.31. The van der Waals surface area contributed by atoms with Gasteiger partial charge < -0.3 is 10.1 Å². The lowest BCUT2D eigenvalue weighted by Crippen LogP contribution is -2.35. The first-order valence-electron chi connectivity index (χ1n) is 7.86. The zero-order valence-corrected chi connectivity index (χ0v) is 12.0. The molecular weight excluding hydrogens is 224 g/mol. The molecule has 0 amide bonds. The van der Waals surface area contributed by atoms with Crippen LogP contribution in [-0.2, 0) is 4.74 Å². The van der Waals surface area contributed by atoms with E-state index in [4.69, 9.17) is 4.74 Å². The molecule has 0 aromatic carbocycles. The van der Waals surface area contributed by atoms with Crippen molar-refractivity contribution in [2.24, 2.45) is 0 Å². The minimum atomic E-state index is 0.812. The van der Waals surface area contributed by atoms with Crippen LogP contribution in [0, 0.1) is 0 Å². The Hall–Kier alpha value is -0.120. The van der Waals surface area contributed by atoms with Gasteiger partial charge in [-0.25, -0.2) is 0 Å². The van der Waals surface area contributed by atoms with Gasteiger partial charge in [-0.1, -0.05) is 19.3 Å². The third kappa shape index (κ3) is 5.25. The number of nitrogens with one attached hydrogen (secondary N) is 1. The molecule has 0 spiro atoms. The summed E-state index contributed by atoms with van der Waals surface area (Å²) >= 11 is 0. The van der Waals surface area contributed by atoms with Crippen LogP contribution in [0.15, 0.2) is 0 Å². The lowest BCUT2D eigenvalue weighted by atomic mass is 9.95.